The molecule has 0 bridgehead atoms. The summed E-state index contributed by atoms with van der Waals surface area (Å²) in [6.07, 6.45) is 1.79. The Labute approximate surface area is 114 Å². The maximum absolute atomic E-state index is 12.4. The molecule has 1 aliphatic heterocycles. The highest BCUT2D eigenvalue weighted by molar-refractivity contribution is 5.76. The van der Waals surface area contributed by atoms with E-state index in [9.17, 15) is 14.7 Å². The van der Waals surface area contributed by atoms with E-state index in [2.05, 4.69) is 0 Å². The van der Waals surface area contributed by atoms with Crippen LogP contribution < -0.4 is 0 Å². The van der Waals surface area contributed by atoms with Gasteiger partial charge < -0.3 is 20.0 Å². The van der Waals surface area contributed by atoms with Crippen molar-refractivity contribution in [3.05, 3.63) is 0 Å². The van der Waals surface area contributed by atoms with Crippen molar-refractivity contribution in [1.82, 2.24) is 9.80 Å². The topological polar surface area (TPSA) is 81.1 Å². The van der Waals surface area contributed by atoms with Crippen LogP contribution in [0.15, 0.2) is 0 Å². The summed E-state index contributed by atoms with van der Waals surface area (Å²) in [6.45, 7) is 5.34. The molecule has 1 atom stereocenters. The minimum absolute atomic E-state index is 0.0265. The number of hydrogen-bond acceptors (Lipinski definition) is 3. The Morgan fingerprint density at radius 1 is 1.42 bits per heavy atom. The van der Waals surface area contributed by atoms with E-state index >= 15 is 0 Å². The summed E-state index contributed by atoms with van der Waals surface area (Å²) in [6, 6.07) is -0.143. The SMILES string of the molecule is CC(C)N(CCC(=O)O)C(=O)N1CCCC(CO)C1. The first-order valence-corrected chi connectivity index (χ1v) is 6.84. The lowest BCUT2D eigenvalue weighted by atomic mass is 9.99. The lowest BCUT2D eigenvalue weighted by Crippen LogP contribution is -2.50. The summed E-state index contributed by atoms with van der Waals surface area (Å²) >= 11 is 0. The van der Waals surface area contributed by atoms with Gasteiger partial charge in [0.2, 0.25) is 0 Å². The minimum Gasteiger partial charge on any atom is -0.481 e. The van der Waals surface area contributed by atoms with Crippen molar-refractivity contribution in [3.8, 4) is 0 Å². The average molecular weight is 272 g/mol. The fourth-order valence-electron chi connectivity index (χ4n) is 2.36. The van der Waals surface area contributed by atoms with Crippen LogP contribution in [0.25, 0.3) is 0 Å². The van der Waals surface area contributed by atoms with Gasteiger partial charge in [-0.25, -0.2) is 4.79 Å². The number of amides is 2. The largest absolute Gasteiger partial charge is 0.481 e. The standard InChI is InChI=1S/C13H24N2O4/c1-10(2)15(7-5-12(17)18)13(19)14-6-3-4-11(8-14)9-16/h10-11,16H,3-9H2,1-2H3,(H,17,18). The molecule has 0 aromatic carbocycles. The van der Waals surface area contributed by atoms with Crippen molar-refractivity contribution in [3.63, 3.8) is 0 Å². The van der Waals surface area contributed by atoms with Crippen LogP contribution in [0.2, 0.25) is 0 Å². The van der Waals surface area contributed by atoms with E-state index in [0.29, 0.717) is 13.1 Å². The number of aliphatic carboxylic acids is 1. The Morgan fingerprint density at radius 2 is 2.11 bits per heavy atom. The molecule has 0 aromatic rings. The molecule has 0 spiro atoms. The molecule has 0 radical (unpaired) electrons. The summed E-state index contributed by atoms with van der Waals surface area (Å²) in [4.78, 5) is 26.3. The first kappa shape index (κ1) is 15.8. The van der Waals surface area contributed by atoms with Crippen molar-refractivity contribution in [1.29, 1.82) is 0 Å². The summed E-state index contributed by atoms with van der Waals surface area (Å²) in [7, 11) is 0. The van der Waals surface area contributed by atoms with Gasteiger partial charge in [0.05, 0.1) is 6.42 Å². The number of carbonyl (C=O) groups is 2. The third kappa shape index (κ3) is 4.70. The second-order valence-electron chi connectivity index (χ2n) is 5.35. The van der Waals surface area contributed by atoms with E-state index in [1.54, 1.807) is 9.80 Å². The first-order chi connectivity index (χ1) is 8.95. The molecule has 0 aliphatic carbocycles. The number of hydrogen-bond donors (Lipinski definition) is 2. The fourth-order valence-corrected chi connectivity index (χ4v) is 2.36. The summed E-state index contributed by atoms with van der Waals surface area (Å²) in [5.41, 5.74) is 0. The average Bonchev–Trinajstić information content (AvgIpc) is 2.38. The third-order valence-corrected chi connectivity index (χ3v) is 3.48. The lowest BCUT2D eigenvalue weighted by molar-refractivity contribution is -0.137. The summed E-state index contributed by atoms with van der Waals surface area (Å²) in [5.74, 6) is -0.753. The Morgan fingerprint density at radius 3 is 2.63 bits per heavy atom. The number of urea groups is 1. The van der Waals surface area contributed by atoms with Crippen LogP contribution in [-0.2, 0) is 4.79 Å². The monoisotopic (exact) mass is 272 g/mol. The molecule has 1 rings (SSSR count). The highest BCUT2D eigenvalue weighted by atomic mass is 16.4. The van der Waals surface area contributed by atoms with Crippen LogP contribution in [-0.4, -0.2) is 64.3 Å². The molecule has 2 N–H and O–H groups in total. The third-order valence-electron chi connectivity index (χ3n) is 3.48. The van der Waals surface area contributed by atoms with Gasteiger partial charge in [-0.1, -0.05) is 0 Å². The van der Waals surface area contributed by atoms with Crippen LogP contribution in [0.5, 0.6) is 0 Å². The summed E-state index contributed by atoms with van der Waals surface area (Å²) < 4.78 is 0. The Hall–Kier alpha value is -1.30. The number of piperidine rings is 1. The van der Waals surface area contributed by atoms with Crippen LogP contribution in [0.3, 0.4) is 0 Å². The number of carboxylic acid groups (broad SMARTS) is 1. The zero-order valence-electron chi connectivity index (χ0n) is 11.7. The normalized spacial score (nSPS) is 19.6. The highest BCUT2D eigenvalue weighted by Crippen LogP contribution is 2.18. The minimum atomic E-state index is -0.898. The second kappa shape index (κ2) is 7.33. The number of nitrogens with zero attached hydrogens (tertiary/aromatic N) is 2. The molecule has 1 fully saturated rings. The van der Waals surface area contributed by atoms with E-state index < -0.39 is 5.97 Å². The molecular formula is C13H24N2O4. The molecule has 1 unspecified atom stereocenters. The molecule has 1 saturated heterocycles. The molecule has 6 heteroatoms. The van der Waals surface area contributed by atoms with Crippen LogP contribution in [0.4, 0.5) is 4.79 Å². The van der Waals surface area contributed by atoms with E-state index in [4.69, 9.17) is 5.11 Å². The van der Waals surface area contributed by atoms with Crippen molar-refractivity contribution in [2.75, 3.05) is 26.2 Å². The molecule has 2 amide bonds. The predicted molar refractivity (Wildman–Crippen MR) is 70.9 cm³/mol. The second-order valence-corrected chi connectivity index (χ2v) is 5.35. The molecule has 0 aromatic heterocycles. The van der Waals surface area contributed by atoms with Crippen LogP contribution in [0, 0.1) is 5.92 Å². The quantitative estimate of drug-likeness (QED) is 0.782. The van der Waals surface area contributed by atoms with E-state index in [0.717, 1.165) is 12.8 Å². The molecule has 1 aliphatic rings. The Balaban J connectivity index is 2.62. The Kier molecular flexibility index (Phi) is 6.08. The smallest absolute Gasteiger partial charge is 0.320 e. The lowest BCUT2D eigenvalue weighted by Gasteiger charge is -2.37. The highest BCUT2D eigenvalue weighted by Gasteiger charge is 2.28. The van der Waals surface area contributed by atoms with Gasteiger partial charge in [0, 0.05) is 32.3 Å². The van der Waals surface area contributed by atoms with Gasteiger partial charge in [0.25, 0.3) is 0 Å². The van der Waals surface area contributed by atoms with Crippen molar-refractivity contribution >= 4 is 12.0 Å². The zero-order valence-corrected chi connectivity index (χ0v) is 11.7. The van der Waals surface area contributed by atoms with E-state index in [1.807, 2.05) is 13.8 Å². The van der Waals surface area contributed by atoms with Gasteiger partial charge in [-0.3, -0.25) is 4.79 Å². The van der Waals surface area contributed by atoms with E-state index in [1.165, 1.54) is 0 Å². The van der Waals surface area contributed by atoms with Crippen molar-refractivity contribution in [2.45, 2.75) is 39.2 Å². The Bertz CT molecular complexity index is 320. The van der Waals surface area contributed by atoms with Gasteiger partial charge in [-0.05, 0) is 32.6 Å². The van der Waals surface area contributed by atoms with E-state index in [-0.39, 0.29) is 37.6 Å². The molecule has 0 saturated carbocycles. The number of aliphatic hydroxyl groups is 1. The maximum Gasteiger partial charge on any atom is 0.320 e. The summed E-state index contributed by atoms with van der Waals surface area (Å²) in [5, 5.41) is 17.9. The number of likely N-dealkylation sites (tertiary alicyclic amines) is 1. The van der Waals surface area contributed by atoms with Gasteiger partial charge in [-0.2, -0.15) is 0 Å². The maximum atomic E-state index is 12.4. The molecule has 1 heterocycles. The zero-order chi connectivity index (χ0) is 14.4. The number of rotatable bonds is 5. The number of aliphatic hydroxyl groups excluding tert-OH is 1. The first-order valence-electron chi connectivity index (χ1n) is 6.84. The van der Waals surface area contributed by atoms with Crippen molar-refractivity contribution < 1.29 is 19.8 Å². The number of carboxylic acids is 1. The molecule has 19 heavy (non-hydrogen) atoms. The van der Waals surface area contributed by atoms with Crippen LogP contribution >= 0.6 is 0 Å². The van der Waals surface area contributed by atoms with Gasteiger partial charge in [0.15, 0.2) is 0 Å². The van der Waals surface area contributed by atoms with Crippen LogP contribution in [0.1, 0.15) is 33.1 Å². The molecule has 110 valence electrons. The molecular weight excluding hydrogens is 248 g/mol. The van der Waals surface area contributed by atoms with Gasteiger partial charge in [-0.15, -0.1) is 0 Å². The van der Waals surface area contributed by atoms with Crippen molar-refractivity contribution in [2.24, 2.45) is 5.92 Å². The number of carbonyl (C=O) groups excluding carboxylic acids is 1. The van der Waals surface area contributed by atoms with Gasteiger partial charge >= 0.3 is 12.0 Å². The fraction of sp³-hybridized carbons (Fsp3) is 0.846. The predicted octanol–water partition coefficient (Wildman–Crippen LogP) is 0.996. The van der Waals surface area contributed by atoms with Gasteiger partial charge in [0.1, 0.15) is 0 Å². The molecule has 6 nitrogen and oxygen atoms in total.